The lowest BCUT2D eigenvalue weighted by molar-refractivity contribution is -0.128. The van der Waals surface area contributed by atoms with E-state index < -0.39 is 6.10 Å². The fourth-order valence-electron chi connectivity index (χ4n) is 2.30. The SMILES string of the molecule is O=C(Cc1ccc(Cl)cc1)NCC(O)CN1CCCC1=O. The van der Waals surface area contributed by atoms with Crippen LogP contribution in [0, 0.1) is 0 Å². The number of aliphatic hydroxyl groups is 1. The molecule has 114 valence electrons. The summed E-state index contributed by atoms with van der Waals surface area (Å²) in [6.45, 7) is 1.12. The maximum atomic E-state index is 11.8. The van der Waals surface area contributed by atoms with Crippen LogP contribution in [0.1, 0.15) is 18.4 Å². The van der Waals surface area contributed by atoms with Gasteiger partial charge < -0.3 is 15.3 Å². The van der Waals surface area contributed by atoms with Crippen molar-refractivity contribution < 1.29 is 14.7 Å². The molecular weight excluding hydrogens is 292 g/mol. The molecule has 0 saturated carbocycles. The number of hydrogen-bond donors (Lipinski definition) is 2. The van der Waals surface area contributed by atoms with Crippen molar-refractivity contribution in [1.82, 2.24) is 10.2 Å². The summed E-state index contributed by atoms with van der Waals surface area (Å²) in [5, 5.41) is 13.2. The van der Waals surface area contributed by atoms with Gasteiger partial charge in [0, 0.05) is 31.1 Å². The highest BCUT2D eigenvalue weighted by Gasteiger charge is 2.22. The minimum Gasteiger partial charge on any atom is -0.389 e. The van der Waals surface area contributed by atoms with Gasteiger partial charge in [-0.15, -0.1) is 0 Å². The number of carbonyl (C=O) groups excluding carboxylic acids is 2. The van der Waals surface area contributed by atoms with Crippen LogP contribution in [0.25, 0.3) is 0 Å². The topological polar surface area (TPSA) is 69.6 Å². The molecule has 0 aromatic heterocycles. The maximum absolute atomic E-state index is 11.8. The number of nitrogens with zero attached hydrogens (tertiary/aromatic N) is 1. The van der Waals surface area contributed by atoms with Crippen LogP contribution in [0.3, 0.4) is 0 Å². The second-order valence-corrected chi connectivity index (χ2v) is 5.64. The van der Waals surface area contributed by atoms with Crippen LogP contribution >= 0.6 is 11.6 Å². The van der Waals surface area contributed by atoms with E-state index in [1.807, 2.05) is 0 Å². The predicted octanol–water partition coefficient (Wildman–Crippen LogP) is 0.982. The molecule has 1 aliphatic rings. The number of likely N-dealkylation sites (tertiary alicyclic amines) is 1. The van der Waals surface area contributed by atoms with Crippen LogP contribution in [-0.4, -0.2) is 47.6 Å². The molecule has 5 nitrogen and oxygen atoms in total. The van der Waals surface area contributed by atoms with Crippen LogP contribution in [0.2, 0.25) is 5.02 Å². The first-order valence-corrected chi connectivity index (χ1v) is 7.39. The van der Waals surface area contributed by atoms with Gasteiger partial charge in [-0.2, -0.15) is 0 Å². The van der Waals surface area contributed by atoms with Crippen molar-refractivity contribution in [2.75, 3.05) is 19.6 Å². The predicted molar refractivity (Wildman–Crippen MR) is 80.0 cm³/mol. The Balaban J connectivity index is 1.70. The Hall–Kier alpha value is -1.59. The van der Waals surface area contributed by atoms with E-state index in [-0.39, 0.29) is 31.3 Å². The smallest absolute Gasteiger partial charge is 0.224 e. The summed E-state index contributed by atoms with van der Waals surface area (Å²) < 4.78 is 0. The van der Waals surface area contributed by atoms with E-state index in [0.29, 0.717) is 18.0 Å². The molecule has 2 rings (SSSR count). The third-order valence-electron chi connectivity index (χ3n) is 3.42. The number of benzene rings is 1. The summed E-state index contributed by atoms with van der Waals surface area (Å²) in [5.41, 5.74) is 0.862. The number of hydrogen-bond acceptors (Lipinski definition) is 3. The van der Waals surface area contributed by atoms with Crippen LogP contribution < -0.4 is 5.32 Å². The van der Waals surface area contributed by atoms with Crippen molar-refractivity contribution in [2.24, 2.45) is 0 Å². The van der Waals surface area contributed by atoms with Crippen LogP contribution in [0.15, 0.2) is 24.3 Å². The number of carbonyl (C=O) groups is 2. The Morgan fingerprint density at radius 3 is 2.71 bits per heavy atom. The monoisotopic (exact) mass is 310 g/mol. The highest BCUT2D eigenvalue weighted by molar-refractivity contribution is 6.30. The number of aliphatic hydroxyl groups excluding tert-OH is 1. The van der Waals surface area contributed by atoms with E-state index in [4.69, 9.17) is 11.6 Å². The number of nitrogens with one attached hydrogen (secondary N) is 1. The Kier molecular flexibility index (Phi) is 5.59. The molecule has 1 unspecified atom stereocenters. The summed E-state index contributed by atoms with van der Waals surface area (Å²) >= 11 is 5.78. The van der Waals surface area contributed by atoms with Gasteiger partial charge in [0.2, 0.25) is 11.8 Å². The third-order valence-corrected chi connectivity index (χ3v) is 3.67. The van der Waals surface area contributed by atoms with E-state index in [2.05, 4.69) is 5.32 Å². The number of halogens is 1. The summed E-state index contributed by atoms with van der Waals surface area (Å²) in [4.78, 5) is 24.8. The van der Waals surface area contributed by atoms with Crippen molar-refractivity contribution in [1.29, 1.82) is 0 Å². The van der Waals surface area contributed by atoms with E-state index in [1.165, 1.54) is 0 Å². The Bertz CT molecular complexity index is 504. The van der Waals surface area contributed by atoms with Gasteiger partial charge in [0.1, 0.15) is 0 Å². The first kappa shape index (κ1) is 15.8. The van der Waals surface area contributed by atoms with Crippen molar-refractivity contribution in [3.05, 3.63) is 34.9 Å². The molecule has 1 atom stereocenters. The molecule has 1 saturated heterocycles. The van der Waals surface area contributed by atoms with E-state index in [9.17, 15) is 14.7 Å². The van der Waals surface area contributed by atoms with Crippen LogP contribution in [0.4, 0.5) is 0 Å². The maximum Gasteiger partial charge on any atom is 0.224 e. The lowest BCUT2D eigenvalue weighted by Gasteiger charge is -2.20. The minimum absolute atomic E-state index is 0.0709. The molecule has 2 N–H and O–H groups in total. The van der Waals surface area contributed by atoms with E-state index >= 15 is 0 Å². The molecule has 1 aromatic carbocycles. The van der Waals surface area contributed by atoms with E-state index in [1.54, 1.807) is 29.2 Å². The van der Waals surface area contributed by atoms with Crippen molar-refractivity contribution in [3.63, 3.8) is 0 Å². The van der Waals surface area contributed by atoms with Gasteiger partial charge in [0.15, 0.2) is 0 Å². The largest absolute Gasteiger partial charge is 0.389 e. The third kappa shape index (κ3) is 5.02. The van der Waals surface area contributed by atoms with E-state index in [0.717, 1.165) is 12.0 Å². The molecule has 6 heteroatoms. The molecule has 0 bridgehead atoms. The highest BCUT2D eigenvalue weighted by Crippen LogP contribution is 2.10. The first-order chi connectivity index (χ1) is 10.0. The number of β-amino-alcohol motifs (C(OH)–C–C–N with tert-alkyl or cyclic N) is 1. The molecule has 0 spiro atoms. The number of rotatable bonds is 6. The lowest BCUT2D eigenvalue weighted by atomic mass is 10.1. The summed E-state index contributed by atoms with van der Waals surface area (Å²) in [6, 6.07) is 7.05. The Morgan fingerprint density at radius 2 is 2.10 bits per heavy atom. The van der Waals surface area contributed by atoms with Gasteiger partial charge in [0.25, 0.3) is 0 Å². The Morgan fingerprint density at radius 1 is 1.38 bits per heavy atom. The minimum atomic E-state index is -0.735. The molecule has 1 aromatic rings. The summed E-state index contributed by atoms with van der Waals surface area (Å²) in [7, 11) is 0. The summed E-state index contributed by atoms with van der Waals surface area (Å²) in [5.74, 6) is -0.0920. The second kappa shape index (κ2) is 7.43. The molecule has 0 aliphatic carbocycles. The molecule has 0 radical (unpaired) electrons. The van der Waals surface area contributed by atoms with Crippen molar-refractivity contribution in [2.45, 2.75) is 25.4 Å². The first-order valence-electron chi connectivity index (χ1n) is 7.01. The van der Waals surface area contributed by atoms with Gasteiger partial charge in [-0.1, -0.05) is 23.7 Å². The summed E-state index contributed by atoms with van der Waals surface area (Å²) in [6.07, 6.45) is 0.901. The van der Waals surface area contributed by atoms with Crippen molar-refractivity contribution in [3.8, 4) is 0 Å². The molecule has 1 fully saturated rings. The average Bonchev–Trinajstić information content (AvgIpc) is 2.85. The quantitative estimate of drug-likeness (QED) is 0.823. The zero-order chi connectivity index (χ0) is 15.2. The van der Waals surface area contributed by atoms with Gasteiger partial charge in [-0.25, -0.2) is 0 Å². The van der Waals surface area contributed by atoms with Gasteiger partial charge in [0.05, 0.1) is 12.5 Å². The molecule has 2 amide bonds. The van der Waals surface area contributed by atoms with Gasteiger partial charge in [-0.05, 0) is 24.1 Å². The lowest BCUT2D eigenvalue weighted by Crippen LogP contribution is -2.41. The van der Waals surface area contributed by atoms with Gasteiger partial charge >= 0.3 is 0 Å². The van der Waals surface area contributed by atoms with Crippen molar-refractivity contribution >= 4 is 23.4 Å². The van der Waals surface area contributed by atoms with Crippen LogP contribution in [-0.2, 0) is 16.0 Å². The zero-order valence-corrected chi connectivity index (χ0v) is 12.5. The van der Waals surface area contributed by atoms with Crippen LogP contribution in [0.5, 0.6) is 0 Å². The fraction of sp³-hybridized carbons (Fsp3) is 0.467. The molecule has 1 aliphatic heterocycles. The molecule has 21 heavy (non-hydrogen) atoms. The zero-order valence-electron chi connectivity index (χ0n) is 11.7. The Labute approximate surface area is 128 Å². The second-order valence-electron chi connectivity index (χ2n) is 5.20. The highest BCUT2D eigenvalue weighted by atomic mass is 35.5. The molecule has 1 heterocycles. The standard InChI is InChI=1S/C15H19ClN2O3/c16-12-5-3-11(4-6-12)8-14(20)17-9-13(19)10-18-7-1-2-15(18)21/h3-6,13,19H,1-2,7-10H2,(H,17,20). The fourth-order valence-corrected chi connectivity index (χ4v) is 2.42. The number of amides is 2. The average molecular weight is 311 g/mol. The normalized spacial score (nSPS) is 16.1. The molecular formula is C15H19ClN2O3. The van der Waals surface area contributed by atoms with Gasteiger partial charge in [-0.3, -0.25) is 9.59 Å².